The fraction of sp³-hybridized carbons (Fsp3) is 0.286. The third-order valence-corrected chi connectivity index (χ3v) is 4.93. The minimum atomic E-state index is -1.54. The Hall–Kier alpha value is -2.75. The van der Waals surface area contributed by atoms with Gasteiger partial charge in [-0.05, 0) is 17.7 Å². The molecule has 0 spiro atoms. The summed E-state index contributed by atoms with van der Waals surface area (Å²) in [5.74, 6) is 0.220. The topological polar surface area (TPSA) is 130 Å². The van der Waals surface area contributed by atoms with Crippen LogP contribution in [-0.4, -0.2) is 57.7 Å². The van der Waals surface area contributed by atoms with E-state index in [-0.39, 0.29) is 16.8 Å². The van der Waals surface area contributed by atoms with Crippen LogP contribution in [0.25, 0.3) is 22.1 Å². The Morgan fingerprint density at radius 1 is 0.966 bits per heavy atom. The van der Waals surface area contributed by atoms with Gasteiger partial charge in [0, 0.05) is 6.07 Å². The Bertz CT molecular complexity index is 1050. The maximum Gasteiger partial charge on any atom is 0.229 e. The largest absolute Gasteiger partial charge is 0.463 e. The predicted molar refractivity (Wildman–Crippen MR) is 102 cm³/mol. The molecule has 0 aliphatic carbocycles. The van der Waals surface area contributed by atoms with Crippen molar-refractivity contribution in [3.63, 3.8) is 0 Å². The van der Waals surface area contributed by atoms with Crippen molar-refractivity contribution in [1.82, 2.24) is 0 Å². The van der Waals surface area contributed by atoms with E-state index in [2.05, 4.69) is 0 Å². The van der Waals surface area contributed by atoms with Gasteiger partial charge in [-0.1, -0.05) is 30.3 Å². The van der Waals surface area contributed by atoms with E-state index in [0.717, 1.165) is 5.56 Å². The van der Waals surface area contributed by atoms with Gasteiger partial charge < -0.3 is 34.3 Å². The fourth-order valence-corrected chi connectivity index (χ4v) is 3.30. The maximum absolute atomic E-state index is 12.8. The number of rotatable bonds is 4. The molecule has 1 aromatic heterocycles. The lowest BCUT2D eigenvalue weighted by Crippen LogP contribution is -2.60. The number of ether oxygens (including phenoxy) is 2. The zero-order chi connectivity index (χ0) is 20.5. The minimum absolute atomic E-state index is 0.197. The monoisotopic (exact) mass is 400 g/mol. The summed E-state index contributed by atoms with van der Waals surface area (Å²) in [5, 5.41) is 39.4. The molecular weight excluding hydrogens is 380 g/mol. The highest BCUT2D eigenvalue weighted by atomic mass is 16.7. The second kappa shape index (κ2) is 7.94. The smallest absolute Gasteiger partial charge is 0.229 e. The molecule has 2 heterocycles. The molecule has 1 aliphatic heterocycles. The molecule has 4 rings (SSSR count). The fourth-order valence-electron chi connectivity index (χ4n) is 3.30. The van der Waals surface area contributed by atoms with Crippen molar-refractivity contribution in [2.75, 3.05) is 6.61 Å². The summed E-state index contributed by atoms with van der Waals surface area (Å²) >= 11 is 0. The number of aliphatic hydroxyl groups excluding tert-OH is 4. The van der Waals surface area contributed by atoms with Gasteiger partial charge in [-0.2, -0.15) is 0 Å². The first-order valence-corrected chi connectivity index (χ1v) is 9.07. The van der Waals surface area contributed by atoms with E-state index in [9.17, 15) is 25.2 Å². The number of hydrogen-bond acceptors (Lipinski definition) is 8. The number of hydrogen-bond donors (Lipinski definition) is 4. The van der Waals surface area contributed by atoms with E-state index in [1.54, 1.807) is 0 Å². The summed E-state index contributed by atoms with van der Waals surface area (Å²) in [6.45, 7) is -0.556. The van der Waals surface area contributed by atoms with Crippen molar-refractivity contribution in [3.05, 3.63) is 65.0 Å². The van der Waals surface area contributed by atoms with E-state index in [1.807, 2.05) is 30.3 Å². The Morgan fingerprint density at radius 3 is 2.45 bits per heavy atom. The van der Waals surface area contributed by atoms with Gasteiger partial charge in [0.1, 0.15) is 42.0 Å². The van der Waals surface area contributed by atoms with Gasteiger partial charge in [-0.3, -0.25) is 4.79 Å². The van der Waals surface area contributed by atoms with Crippen molar-refractivity contribution in [1.29, 1.82) is 0 Å². The summed E-state index contributed by atoms with van der Waals surface area (Å²) in [7, 11) is 0. The predicted octanol–water partition coefficient (Wildman–Crippen LogP) is 0.639. The molecule has 1 fully saturated rings. The third-order valence-electron chi connectivity index (χ3n) is 4.93. The van der Waals surface area contributed by atoms with E-state index in [4.69, 9.17) is 13.9 Å². The molecule has 2 aromatic carbocycles. The molecule has 0 saturated carbocycles. The molecule has 0 radical (unpaired) electrons. The molecule has 1 aliphatic rings. The standard InChI is InChI=1S/C21H20O8/c22-9-16-18(24)19(25)20(26)21(29-16)28-12-6-7-13-15(8-12)27-10-14(17(13)23)11-4-2-1-3-5-11/h1-8,10,16,18-22,24-26H,9H2/t16-,18+,19+,20+,21-/m0/s1. The second-order valence-corrected chi connectivity index (χ2v) is 6.82. The van der Waals surface area contributed by atoms with E-state index < -0.39 is 37.3 Å². The molecule has 0 unspecified atom stereocenters. The molecule has 0 amide bonds. The highest BCUT2D eigenvalue weighted by Crippen LogP contribution is 2.27. The van der Waals surface area contributed by atoms with E-state index in [1.165, 1.54) is 24.5 Å². The summed E-state index contributed by atoms with van der Waals surface area (Å²) in [4.78, 5) is 12.8. The Labute approximate surface area is 165 Å². The normalized spacial score (nSPS) is 27.1. The van der Waals surface area contributed by atoms with Crippen LogP contribution < -0.4 is 10.2 Å². The molecule has 29 heavy (non-hydrogen) atoms. The lowest BCUT2D eigenvalue weighted by Gasteiger charge is -2.39. The second-order valence-electron chi connectivity index (χ2n) is 6.82. The van der Waals surface area contributed by atoms with Gasteiger partial charge in [0.25, 0.3) is 0 Å². The van der Waals surface area contributed by atoms with Crippen LogP contribution in [0.4, 0.5) is 0 Å². The molecular formula is C21H20O8. The van der Waals surface area contributed by atoms with Gasteiger partial charge in [0.15, 0.2) is 5.43 Å². The van der Waals surface area contributed by atoms with Crippen LogP contribution in [0.3, 0.4) is 0 Å². The molecule has 1 saturated heterocycles. The summed E-state index contributed by atoms with van der Waals surface area (Å²) in [6, 6.07) is 13.7. The van der Waals surface area contributed by atoms with Crippen LogP contribution in [0, 0.1) is 0 Å². The van der Waals surface area contributed by atoms with Gasteiger partial charge >= 0.3 is 0 Å². The van der Waals surface area contributed by atoms with Gasteiger partial charge in [0.2, 0.25) is 6.29 Å². The molecule has 4 N–H and O–H groups in total. The Morgan fingerprint density at radius 2 is 1.72 bits per heavy atom. The van der Waals surface area contributed by atoms with Crippen molar-refractivity contribution >= 4 is 11.0 Å². The zero-order valence-electron chi connectivity index (χ0n) is 15.2. The summed E-state index contributed by atoms with van der Waals surface area (Å²) in [5.41, 5.74) is 1.25. The lowest BCUT2D eigenvalue weighted by molar-refractivity contribution is -0.277. The SMILES string of the molecule is O=c1c(-c2ccccc2)coc2cc(O[C@H]3O[C@@H](CO)[C@@H](O)[C@@H](O)[C@H]3O)ccc12. The van der Waals surface area contributed by atoms with Gasteiger partial charge in [-0.15, -0.1) is 0 Å². The third kappa shape index (κ3) is 3.64. The van der Waals surface area contributed by atoms with Crippen LogP contribution >= 0.6 is 0 Å². The van der Waals surface area contributed by atoms with Gasteiger partial charge in [-0.25, -0.2) is 0 Å². The van der Waals surface area contributed by atoms with Crippen molar-refractivity contribution in [2.24, 2.45) is 0 Å². The van der Waals surface area contributed by atoms with E-state index in [0.29, 0.717) is 10.9 Å². The molecule has 3 aromatic rings. The van der Waals surface area contributed by atoms with Crippen LogP contribution in [0.5, 0.6) is 5.75 Å². The molecule has 0 bridgehead atoms. The van der Waals surface area contributed by atoms with Crippen LogP contribution in [0.1, 0.15) is 0 Å². The zero-order valence-corrected chi connectivity index (χ0v) is 15.2. The minimum Gasteiger partial charge on any atom is -0.463 e. The number of benzene rings is 2. The quantitative estimate of drug-likeness (QED) is 0.502. The maximum atomic E-state index is 12.8. The molecule has 5 atom stereocenters. The van der Waals surface area contributed by atoms with Crippen molar-refractivity contribution in [3.8, 4) is 16.9 Å². The van der Waals surface area contributed by atoms with Crippen LogP contribution in [0.15, 0.2) is 64.0 Å². The Kier molecular flexibility index (Phi) is 5.35. The highest BCUT2D eigenvalue weighted by molar-refractivity contribution is 5.82. The summed E-state index contributed by atoms with van der Waals surface area (Å²) in [6.07, 6.45) is -5.57. The average molecular weight is 400 g/mol. The highest BCUT2D eigenvalue weighted by Gasteiger charge is 2.44. The van der Waals surface area contributed by atoms with Gasteiger partial charge in [0.05, 0.1) is 17.6 Å². The number of aliphatic hydroxyl groups is 4. The van der Waals surface area contributed by atoms with Crippen LogP contribution in [0.2, 0.25) is 0 Å². The first kappa shape index (κ1) is 19.6. The average Bonchev–Trinajstić information content (AvgIpc) is 2.75. The van der Waals surface area contributed by atoms with Crippen molar-refractivity contribution < 1.29 is 34.3 Å². The van der Waals surface area contributed by atoms with Crippen molar-refractivity contribution in [2.45, 2.75) is 30.7 Å². The molecule has 8 nitrogen and oxygen atoms in total. The first-order valence-electron chi connectivity index (χ1n) is 9.07. The Balaban J connectivity index is 1.62. The summed E-state index contributed by atoms with van der Waals surface area (Å²) < 4.78 is 16.5. The molecule has 152 valence electrons. The number of fused-ring (bicyclic) bond motifs is 1. The lowest BCUT2D eigenvalue weighted by atomic mass is 9.99. The van der Waals surface area contributed by atoms with E-state index >= 15 is 0 Å². The first-order chi connectivity index (χ1) is 14.0. The molecule has 8 heteroatoms. The van der Waals surface area contributed by atoms with Crippen LogP contribution in [-0.2, 0) is 4.74 Å².